The quantitative estimate of drug-likeness (QED) is 0.425. The zero-order chi connectivity index (χ0) is 19.9. The van der Waals surface area contributed by atoms with Gasteiger partial charge in [0.1, 0.15) is 5.75 Å². The van der Waals surface area contributed by atoms with E-state index in [4.69, 9.17) is 14.8 Å². The normalized spacial score (nSPS) is 11.2. The number of aromatic nitrogens is 2. The number of methoxy groups -OCH3 is 1. The molecule has 5 nitrogen and oxygen atoms in total. The summed E-state index contributed by atoms with van der Waals surface area (Å²) in [5.41, 5.74) is 3.14. The lowest BCUT2D eigenvalue weighted by Gasteiger charge is -2.09. The lowest BCUT2D eigenvalue weighted by atomic mass is 10.0. The van der Waals surface area contributed by atoms with Crippen LogP contribution in [-0.4, -0.2) is 27.6 Å². The first kappa shape index (κ1) is 20.4. The lowest BCUT2D eigenvalue weighted by Crippen LogP contribution is -1.97. The molecule has 1 N–H and O–H groups in total. The number of nitrogens with zero attached hydrogens (tertiary/aromatic N) is 2. The number of carbonyl (C=O) groups is 1. The number of benzene rings is 1. The smallest absolute Gasteiger partial charge is 0.308 e. The largest absolute Gasteiger partial charge is 0.496 e. The van der Waals surface area contributed by atoms with Crippen molar-refractivity contribution in [2.45, 2.75) is 58.3 Å². The lowest BCUT2D eigenvalue weighted by molar-refractivity contribution is -0.136. The predicted molar refractivity (Wildman–Crippen MR) is 113 cm³/mol. The van der Waals surface area contributed by atoms with Crippen molar-refractivity contribution >= 4 is 22.3 Å². The van der Waals surface area contributed by atoms with Crippen LogP contribution in [0.5, 0.6) is 5.75 Å². The van der Waals surface area contributed by atoms with Crippen LogP contribution in [0.3, 0.4) is 0 Å². The van der Waals surface area contributed by atoms with Gasteiger partial charge in [-0.3, -0.25) is 9.20 Å². The van der Waals surface area contributed by atoms with Gasteiger partial charge in [-0.1, -0.05) is 45.1 Å². The first-order valence-electron chi connectivity index (χ1n) is 9.97. The standard InChI is InChI=1S/C22H28N2O3S/c1-3-4-5-6-7-8-9-16-10-11-20(27-2)18(12-16)19-15-24-14-17(13-21(25)26)28-22(24)23-19/h10-12,14-15H,3-9,13H2,1-2H3,(H,25,26). The molecular formula is C22H28N2O3S. The highest BCUT2D eigenvalue weighted by molar-refractivity contribution is 7.17. The molecule has 0 aliphatic carbocycles. The molecule has 6 heteroatoms. The van der Waals surface area contributed by atoms with Crippen LogP contribution in [0.25, 0.3) is 16.2 Å². The fraction of sp³-hybridized carbons (Fsp3) is 0.455. The number of thiazole rings is 1. The van der Waals surface area contributed by atoms with Gasteiger partial charge in [0.2, 0.25) is 0 Å². The number of carboxylic acids is 1. The van der Waals surface area contributed by atoms with Gasteiger partial charge in [-0.2, -0.15) is 0 Å². The van der Waals surface area contributed by atoms with E-state index in [-0.39, 0.29) is 6.42 Å². The third-order valence-corrected chi connectivity index (χ3v) is 5.88. The van der Waals surface area contributed by atoms with E-state index in [9.17, 15) is 4.79 Å². The number of aryl methyl sites for hydroxylation is 1. The fourth-order valence-corrected chi connectivity index (χ4v) is 4.38. The van der Waals surface area contributed by atoms with Crippen LogP contribution < -0.4 is 4.74 Å². The molecule has 0 amide bonds. The molecule has 1 aromatic carbocycles. The van der Waals surface area contributed by atoms with Crippen molar-refractivity contribution in [3.63, 3.8) is 0 Å². The second-order valence-electron chi connectivity index (χ2n) is 7.14. The van der Waals surface area contributed by atoms with Crippen LogP contribution in [0, 0.1) is 0 Å². The van der Waals surface area contributed by atoms with Gasteiger partial charge in [0.15, 0.2) is 4.96 Å². The molecule has 0 saturated heterocycles. The van der Waals surface area contributed by atoms with Crippen molar-refractivity contribution in [2.24, 2.45) is 0 Å². The van der Waals surface area contributed by atoms with Gasteiger partial charge in [0, 0.05) is 22.8 Å². The van der Waals surface area contributed by atoms with E-state index in [1.165, 1.54) is 55.4 Å². The summed E-state index contributed by atoms with van der Waals surface area (Å²) in [4.78, 5) is 17.2. The van der Waals surface area contributed by atoms with Crippen LogP contribution in [0.2, 0.25) is 0 Å². The Morgan fingerprint density at radius 1 is 1.18 bits per heavy atom. The highest BCUT2D eigenvalue weighted by Gasteiger charge is 2.14. The topological polar surface area (TPSA) is 63.8 Å². The summed E-state index contributed by atoms with van der Waals surface area (Å²) in [5.74, 6) is -0.0167. The average Bonchev–Trinajstić information content (AvgIpc) is 3.22. The first-order valence-corrected chi connectivity index (χ1v) is 10.8. The number of aliphatic carboxylic acids is 1. The second-order valence-corrected chi connectivity index (χ2v) is 8.23. The van der Waals surface area contributed by atoms with E-state index < -0.39 is 5.97 Å². The molecule has 150 valence electrons. The molecule has 0 saturated carbocycles. The van der Waals surface area contributed by atoms with E-state index in [1.807, 2.05) is 22.9 Å². The Labute approximate surface area is 170 Å². The molecule has 0 fully saturated rings. The number of hydrogen-bond acceptors (Lipinski definition) is 4. The number of hydrogen-bond donors (Lipinski definition) is 1. The Hall–Kier alpha value is -2.34. The van der Waals surface area contributed by atoms with Gasteiger partial charge in [-0.05, 0) is 30.5 Å². The Morgan fingerprint density at radius 2 is 1.96 bits per heavy atom. The second kappa shape index (κ2) is 9.73. The van der Waals surface area contributed by atoms with E-state index in [2.05, 4.69) is 19.1 Å². The SMILES string of the molecule is CCCCCCCCc1ccc(OC)c(-c2cn3cc(CC(=O)O)sc3n2)c1. The molecule has 0 aliphatic heterocycles. The molecular weight excluding hydrogens is 372 g/mol. The molecule has 0 atom stereocenters. The summed E-state index contributed by atoms with van der Waals surface area (Å²) >= 11 is 1.41. The number of rotatable bonds is 11. The van der Waals surface area contributed by atoms with Crippen molar-refractivity contribution in [3.8, 4) is 17.0 Å². The van der Waals surface area contributed by atoms with Gasteiger partial charge < -0.3 is 9.84 Å². The maximum atomic E-state index is 10.9. The van der Waals surface area contributed by atoms with Gasteiger partial charge in [-0.15, -0.1) is 11.3 Å². The zero-order valence-electron chi connectivity index (χ0n) is 16.6. The molecule has 3 aromatic rings. The summed E-state index contributed by atoms with van der Waals surface area (Å²) in [6.07, 6.45) is 12.6. The number of fused-ring (bicyclic) bond motifs is 1. The van der Waals surface area contributed by atoms with E-state index >= 15 is 0 Å². The molecule has 2 heterocycles. The number of ether oxygens (including phenoxy) is 1. The summed E-state index contributed by atoms with van der Waals surface area (Å²) in [6.45, 7) is 2.24. The maximum absolute atomic E-state index is 10.9. The van der Waals surface area contributed by atoms with Gasteiger partial charge in [-0.25, -0.2) is 4.98 Å². The Bertz CT molecular complexity index is 898. The number of carboxylic acid groups (broad SMARTS) is 1. The van der Waals surface area contributed by atoms with Crippen LogP contribution in [0.1, 0.15) is 55.9 Å². The van der Waals surface area contributed by atoms with Crippen molar-refractivity contribution in [1.82, 2.24) is 9.38 Å². The van der Waals surface area contributed by atoms with E-state index in [0.29, 0.717) is 0 Å². The van der Waals surface area contributed by atoms with Gasteiger partial charge >= 0.3 is 5.97 Å². The molecule has 0 bridgehead atoms. The fourth-order valence-electron chi connectivity index (χ4n) is 3.42. The summed E-state index contributed by atoms with van der Waals surface area (Å²) in [5, 5.41) is 8.95. The first-order chi connectivity index (χ1) is 13.6. The summed E-state index contributed by atoms with van der Waals surface area (Å²) in [6, 6.07) is 6.33. The molecule has 3 rings (SSSR count). The highest BCUT2D eigenvalue weighted by atomic mass is 32.1. The maximum Gasteiger partial charge on any atom is 0.308 e. The van der Waals surface area contributed by atoms with Crippen LogP contribution in [0.15, 0.2) is 30.6 Å². The molecule has 0 radical (unpaired) electrons. The third kappa shape index (κ3) is 5.13. The Balaban J connectivity index is 1.73. The molecule has 28 heavy (non-hydrogen) atoms. The third-order valence-electron chi connectivity index (χ3n) is 4.89. The molecule has 2 aromatic heterocycles. The van der Waals surface area contributed by atoms with Crippen LogP contribution >= 0.6 is 11.3 Å². The van der Waals surface area contributed by atoms with Gasteiger partial charge in [0.25, 0.3) is 0 Å². The van der Waals surface area contributed by atoms with Gasteiger partial charge in [0.05, 0.1) is 19.2 Å². The minimum absolute atomic E-state index is 0.0282. The van der Waals surface area contributed by atoms with Crippen molar-refractivity contribution in [2.75, 3.05) is 7.11 Å². The highest BCUT2D eigenvalue weighted by Crippen LogP contribution is 2.32. The molecule has 0 unspecified atom stereocenters. The van der Waals surface area contributed by atoms with E-state index in [0.717, 1.165) is 33.3 Å². The Kier molecular flexibility index (Phi) is 7.09. The minimum atomic E-state index is -0.825. The predicted octanol–water partition coefficient (Wildman–Crippen LogP) is 5.60. The summed E-state index contributed by atoms with van der Waals surface area (Å²) < 4.78 is 7.45. The average molecular weight is 401 g/mol. The molecule has 0 spiro atoms. The summed E-state index contributed by atoms with van der Waals surface area (Å²) in [7, 11) is 1.68. The zero-order valence-corrected chi connectivity index (χ0v) is 17.4. The Morgan fingerprint density at radius 3 is 2.68 bits per heavy atom. The van der Waals surface area contributed by atoms with Crippen LogP contribution in [-0.2, 0) is 17.6 Å². The van der Waals surface area contributed by atoms with E-state index in [1.54, 1.807) is 7.11 Å². The van der Waals surface area contributed by atoms with Crippen molar-refractivity contribution in [3.05, 3.63) is 41.0 Å². The van der Waals surface area contributed by atoms with Crippen molar-refractivity contribution in [1.29, 1.82) is 0 Å². The number of unbranched alkanes of at least 4 members (excludes halogenated alkanes) is 5. The monoisotopic (exact) mass is 400 g/mol. The van der Waals surface area contributed by atoms with Crippen LogP contribution in [0.4, 0.5) is 0 Å². The van der Waals surface area contributed by atoms with Crippen molar-refractivity contribution < 1.29 is 14.6 Å². The minimum Gasteiger partial charge on any atom is -0.496 e. The number of imidazole rings is 1. The molecule has 0 aliphatic rings.